The van der Waals surface area contributed by atoms with Crippen LogP contribution in [-0.2, 0) is 9.59 Å². The first-order valence-electron chi connectivity index (χ1n) is 11.7. The van der Waals surface area contributed by atoms with E-state index < -0.39 is 0 Å². The second-order valence-electron chi connectivity index (χ2n) is 8.57. The molecule has 3 aromatic carbocycles. The predicted octanol–water partition coefficient (Wildman–Crippen LogP) is 5.57. The number of amides is 2. The van der Waals surface area contributed by atoms with Crippen LogP contribution in [0.5, 0.6) is 0 Å². The van der Waals surface area contributed by atoms with Gasteiger partial charge in [-0.1, -0.05) is 42.0 Å². The van der Waals surface area contributed by atoms with Crippen LogP contribution in [0.2, 0.25) is 0 Å². The van der Waals surface area contributed by atoms with E-state index in [4.69, 9.17) is 0 Å². The van der Waals surface area contributed by atoms with Gasteiger partial charge in [0.05, 0.1) is 11.3 Å². The lowest BCUT2D eigenvalue weighted by molar-refractivity contribution is -0.120. The highest BCUT2D eigenvalue weighted by Gasteiger charge is 2.42. The first kappa shape index (κ1) is 23.3. The first-order valence-corrected chi connectivity index (χ1v) is 11.7. The van der Waals surface area contributed by atoms with Gasteiger partial charge in [0.2, 0.25) is 0 Å². The number of rotatable bonds is 7. The maximum atomic E-state index is 13.8. The Morgan fingerprint density at radius 3 is 2.00 bits per heavy atom. The number of imide groups is 1. The molecule has 1 aliphatic rings. The Labute approximate surface area is 201 Å². The molecule has 2 amide bonds. The molecule has 1 aliphatic heterocycles. The van der Waals surface area contributed by atoms with Gasteiger partial charge in [-0.15, -0.1) is 0 Å². The second kappa shape index (κ2) is 9.56. The first-order chi connectivity index (χ1) is 16.4. The summed E-state index contributed by atoms with van der Waals surface area (Å²) in [6, 6.07) is 23.3. The lowest BCUT2D eigenvalue weighted by atomic mass is 9.97. The number of carbonyl (C=O) groups excluding carboxylic acids is 2. The van der Waals surface area contributed by atoms with E-state index in [1.54, 1.807) is 0 Å². The van der Waals surface area contributed by atoms with Crippen molar-refractivity contribution in [3.63, 3.8) is 0 Å². The van der Waals surface area contributed by atoms with Crippen molar-refractivity contribution in [3.05, 3.63) is 95.2 Å². The summed E-state index contributed by atoms with van der Waals surface area (Å²) in [6.45, 7) is 10.00. The molecule has 5 nitrogen and oxygen atoms in total. The van der Waals surface area contributed by atoms with E-state index in [0.717, 1.165) is 41.2 Å². The fraction of sp³-hybridized carbons (Fsp3) is 0.241. The van der Waals surface area contributed by atoms with Gasteiger partial charge in [-0.2, -0.15) is 0 Å². The van der Waals surface area contributed by atoms with Crippen LogP contribution >= 0.6 is 0 Å². The third kappa shape index (κ3) is 4.10. The average molecular weight is 454 g/mol. The van der Waals surface area contributed by atoms with Crippen molar-refractivity contribution in [1.29, 1.82) is 0 Å². The molecule has 0 atom stereocenters. The summed E-state index contributed by atoms with van der Waals surface area (Å²) in [5.41, 5.74) is 6.16. The standard InChI is InChI=1S/C29H31N3O2/c1-6-31(7-2)23-14-16-24(17-15-23)32-28(33)26(25-18-13-20(3)19-21(25)4)27(29(32)34)30(5)22-11-9-8-10-12-22/h8-19H,6-7H2,1-5H3. The van der Waals surface area contributed by atoms with Crippen LogP contribution < -0.4 is 14.7 Å². The molecule has 0 aliphatic carbocycles. The molecule has 0 fully saturated rings. The average Bonchev–Trinajstić information content (AvgIpc) is 3.10. The largest absolute Gasteiger partial charge is 0.372 e. The fourth-order valence-electron chi connectivity index (χ4n) is 4.58. The Hall–Kier alpha value is -3.86. The number of hydrogen-bond donors (Lipinski definition) is 0. The van der Waals surface area contributed by atoms with E-state index >= 15 is 0 Å². The number of aryl methyl sites for hydroxylation is 2. The zero-order chi connectivity index (χ0) is 24.4. The Morgan fingerprint density at radius 1 is 0.765 bits per heavy atom. The van der Waals surface area contributed by atoms with E-state index in [2.05, 4.69) is 18.7 Å². The molecule has 0 N–H and O–H groups in total. The molecular formula is C29H31N3O2. The van der Waals surface area contributed by atoms with Crippen LogP contribution in [0.15, 0.2) is 78.5 Å². The Balaban J connectivity index is 1.82. The number of carbonyl (C=O) groups is 2. The van der Waals surface area contributed by atoms with Crippen molar-refractivity contribution < 1.29 is 9.59 Å². The van der Waals surface area contributed by atoms with Gasteiger partial charge in [-0.25, -0.2) is 4.90 Å². The van der Waals surface area contributed by atoms with E-state index in [1.807, 2.05) is 98.6 Å². The smallest absolute Gasteiger partial charge is 0.282 e. The van der Waals surface area contributed by atoms with Crippen molar-refractivity contribution in [2.75, 3.05) is 34.8 Å². The highest BCUT2D eigenvalue weighted by Crippen LogP contribution is 2.37. The van der Waals surface area contributed by atoms with E-state index in [-0.39, 0.29) is 11.8 Å². The third-order valence-electron chi connectivity index (χ3n) is 6.43. The van der Waals surface area contributed by atoms with Gasteiger partial charge in [0.15, 0.2) is 0 Å². The zero-order valence-electron chi connectivity index (χ0n) is 20.5. The molecule has 3 aromatic rings. The second-order valence-corrected chi connectivity index (χ2v) is 8.57. The summed E-state index contributed by atoms with van der Waals surface area (Å²) in [7, 11) is 1.84. The molecule has 0 spiro atoms. The van der Waals surface area contributed by atoms with Crippen LogP contribution in [0.4, 0.5) is 17.1 Å². The molecular weight excluding hydrogens is 422 g/mol. The van der Waals surface area contributed by atoms with Gasteiger partial charge in [0.1, 0.15) is 5.70 Å². The van der Waals surface area contributed by atoms with Crippen molar-refractivity contribution in [1.82, 2.24) is 0 Å². The number of likely N-dealkylation sites (N-methyl/N-ethyl adjacent to an activating group) is 1. The monoisotopic (exact) mass is 453 g/mol. The number of para-hydroxylation sites is 1. The molecule has 174 valence electrons. The van der Waals surface area contributed by atoms with Gasteiger partial charge in [0.25, 0.3) is 11.8 Å². The molecule has 0 saturated carbocycles. The molecule has 0 aromatic heterocycles. The molecule has 1 heterocycles. The molecule has 0 unspecified atom stereocenters. The topological polar surface area (TPSA) is 43.9 Å². The Bertz CT molecular complexity index is 1240. The van der Waals surface area contributed by atoms with Crippen LogP contribution in [-0.4, -0.2) is 32.0 Å². The summed E-state index contributed by atoms with van der Waals surface area (Å²) in [5, 5.41) is 0. The molecule has 4 rings (SSSR count). The fourth-order valence-corrected chi connectivity index (χ4v) is 4.58. The molecule has 0 radical (unpaired) electrons. The maximum Gasteiger partial charge on any atom is 0.282 e. The van der Waals surface area contributed by atoms with Crippen LogP contribution in [0.1, 0.15) is 30.5 Å². The maximum absolute atomic E-state index is 13.8. The minimum atomic E-state index is -0.318. The molecule has 5 heteroatoms. The Morgan fingerprint density at radius 2 is 1.41 bits per heavy atom. The molecule has 0 saturated heterocycles. The lowest BCUT2D eigenvalue weighted by Gasteiger charge is -2.23. The van der Waals surface area contributed by atoms with Crippen molar-refractivity contribution in [3.8, 4) is 0 Å². The summed E-state index contributed by atoms with van der Waals surface area (Å²) in [6.07, 6.45) is 0. The van der Waals surface area contributed by atoms with Crippen molar-refractivity contribution in [2.24, 2.45) is 0 Å². The third-order valence-corrected chi connectivity index (χ3v) is 6.43. The van der Waals surface area contributed by atoms with Crippen molar-refractivity contribution in [2.45, 2.75) is 27.7 Å². The van der Waals surface area contributed by atoms with Crippen LogP contribution in [0.3, 0.4) is 0 Å². The number of hydrogen-bond acceptors (Lipinski definition) is 4. The number of nitrogens with zero attached hydrogens (tertiary/aromatic N) is 3. The molecule has 34 heavy (non-hydrogen) atoms. The Kier molecular flexibility index (Phi) is 6.55. The van der Waals surface area contributed by atoms with Gasteiger partial charge < -0.3 is 9.80 Å². The van der Waals surface area contributed by atoms with Gasteiger partial charge in [-0.3, -0.25) is 9.59 Å². The van der Waals surface area contributed by atoms with E-state index in [9.17, 15) is 9.59 Å². The van der Waals surface area contributed by atoms with Crippen LogP contribution in [0, 0.1) is 13.8 Å². The minimum absolute atomic E-state index is 0.301. The quantitative estimate of drug-likeness (QED) is 0.439. The van der Waals surface area contributed by atoms with Gasteiger partial charge >= 0.3 is 0 Å². The lowest BCUT2D eigenvalue weighted by Crippen LogP contribution is -2.34. The van der Waals surface area contributed by atoms with E-state index in [0.29, 0.717) is 17.0 Å². The zero-order valence-corrected chi connectivity index (χ0v) is 20.5. The highest BCUT2D eigenvalue weighted by molar-refractivity contribution is 6.46. The minimum Gasteiger partial charge on any atom is -0.372 e. The summed E-state index contributed by atoms with van der Waals surface area (Å²) in [5.74, 6) is -0.618. The van der Waals surface area contributed by atoms with Crippen molar-refractivity contribution >= 4 is 34.4 Å². The highest BCUT2D eigenvalue weighted by atomic mass is 16.2. The summed E-state index contributed by atoms with van der Waals surface area (Å²) < 4.78 is 0. The van der Waals surface area contributed by atoms with Gasteiger partial charge in [0, 0.05) is 31.5 Å². The SMILES string of the molecule is CCN(CC)c1ccc(N2C(=O)C(c3ccc(C)cc3C)=C(N(C)c3ccccc3)C2=O)cc1. The van der Waals surface area contributed by atoms with Crippen LogP contribution in [0.25, 0.3) is 5.57 Å². The van der Waals surface area contributed by atoms with E-state index in [1.165, 1.54) is 4.90 Å². The number of anilines is 3. The molecule has 0 bridgehead atoms. The number of benzene rings is 3. The summed E-state index contributed by atoms with van der Waals surface area (Å²) >= 11 is 0. The van der Waals surface area contributed by atoms with Gasteiger partial charge in [-0.05, 0) is 75.2 Å². The summed E-state index contributed by atoms with van der Waals surface area (Å²) in [4.78, 5) is 33.0. The normalized spacial score (nSPS) is 13.6. The predicted molar refractivity (Wildman–Crippen MR) is 140 cm³/mol.